The minimum Gasteiger partial charge on any atom is -0.454 e. The van der Waals surface area contributed by atoms with Gasteiger partial charge in [0.15, 0.2) is 12.4 Å². The number of anilines is 2. The van der Waals surface area contributed by atoms with E-state index in [4.69, 9.17) is 10.5 Å². The summed E-state index contributed by atoms with van der Waals surface area (Å²) in [7, 11) is 0. The number of nitro benzene ring substituents is 1. The van der Waals surface area contributed by atoms with Crippen LogP contribution >= 0.6 is 0 Å². The third-order valence-corrected chi connectivity index (χ3v) is 3.80. The van der Waals surface area contributed by atoms with Gasteiger partial charge in [0, 0.05) is 23.2 Å². The number of nitro groups is 1. The number of esters is 1. The smallest absolute Gasteiger partial charge is 0.338 e. The van der Waals surface area contributed by atoms with E-state index >= 15 is 0 Å². The lowest BCUT2D eigenvalue weighted by Crippen LogP contribution is -2.18. The highest BCUT2D eigenvalue weighted by atomic mass is 16.6. The molecule has 0 heterocycles. The molecule has 9 nitrogen and oxygen atoms in total. The van der Waals surface area contributed by atoms with E-state index in [9.17, 15) is 24.5 Å². The zero-order chi connectivity index (χ0) is 20.8. The molecule has 0 aliphatic rings. The third kappa shape index (κ3) is 5.13. The number of ether oxygens (including phenoxy) is 1. The molecule has 1 amide bonds. The molecule has 2 aromatic carbocycles. The molecule has 2 aromatic rings. The minimum absolute atomic E-state index is 0.0812. The Hall–Kier alpha value is -3.75. The number of nitrogens with two attached hydrogens (primary N) is 1. The number of ketones is 1. The molecule has 3 N–H and O–H groups in total. The summed E-state index contributed by atoms with van der Waals surface area (Å²) in [6, 6.07) is 9.63. The van der Waals surface area contributed by atoms with Gasteiger partial charge < -0.3 is 15.8 Å². The predicted octanol–water partition coefficient (Wildman–Crippen LogP) is 2.81. The van der Waals surface area contributed by atoms with E-state index in [0.717, 1.165) is 6.07 Å². The van der Waals surface area contributed by atoms with Crippen molar-refractivity contribution >= 4 is 34.7 Å². The fourth-order valence-electron chi connectivity index (χ4n) is 2.15. The van der Waals surface area contributed by atoms with E-state index in [-0.39, 0.29) is 23.1 Å². The first-order valence-corrected chi connectivity index (χ1v) is 8.34. The average Bonchev–Trinajstić information content (AvgIpc) is 2.66. The Bertz CT molecular complexity index is 922. The number of benzene rings is 2. The van der Waals surface area contributed by atoms with Crippen LogP contribution in [0.2, 0.25) is 0 Å². The van der Waals surface area contributed by atoms with Crippen LogP contribution in [0.15, 0.2) is 42.5 Å². The second-order valence-electron chi connectivity index (χ2n) is 6.25. The van der Waals surface area contributed by atoms with Crippen molar-refractivity contribution in [2.45, 2.75) is 13.8 Å². The van der Waals surface area contributed by atoms with Gasteiger partial charge in [-0.05, 0) is 36.4 Å². The zero-order valence-electron chi connectivity index (χ0n) is 15.3. The van der Waals surface area contributed by atoms with Crippen molar-refractivity contribution in [3.63, 3.8) is 0 Å². The Morgan fingerprint density at radius 2 is 1.71 bits per heavy atom. The van der Waals surface area contributed by atoms with Crippen molar-refractivity contribution in [3.05, 3.63) is 63.7 Å². The number of hydrogen-bond acceptors (Lipinski definition) is 7. The molecule has 0 fully saturated rings. The van der Waals surface area contributed by atoms with Gasteiger partial charge in [-0.25, -0.2) is 4.79 Å². The van der Waals surface area contributed by atoms with Gasteiger partial charge in [-0.2, -0.15) is 0 Å². The summed E-state index contributed by atoms with van der Waals surface area (Å²) < 4.78 is 4.92. The first kappa shape index (κ1) is 20.6. The van der Waals surface area contributed by atoms with E-state index in [0.29, 0.717) is 11.3 Å². The normalized spacial score (nSPS) is 10.4. The highest BCUT2D eigenvalue weighted by molar-refractivity contribution is 6.00. The SMILES string of the molecule is CC(C)C(=O)Nc1ccc(C(=O)COC(=O)c2ccc(N)c([N+](=O)[O-])c2)cc1. The second kappa shape index (κ2) is 8.76. The molecule has 9 heteroatoms. The monoisotopic (exact) mass is 385 g/mol. The molecule has 2 rings (SSSR count). The van der Waals surface area contributed by atoms with Crippen molar-refractivity contribution in [1.29, 1.82) is 0 Å². The van der Waals surface area contributed by atoms with E-state index in [1.165, 1.54) is 24.3 Å². The molecule has 146 valence electrons. The summed E-state index contributed by atoms with van der Waals surface area (Å²) in [5.41, 5.74) is 5.73. The van der Waals surface area contributed by atoms with Gasteiger partial charge in [-0.3, -0.25) is 19.7 Å². The van der Waals surface area contributed by atoms with E-state index in [1.807, 2.05) is 0 Å². The number of Topliss-reactive ketones (excluding diaryl/α,β-unsaturated/α-hetero) is 1. The second-order valence-corrected chi connectivity index (χ2v) is 6.25. The van der Waals surface area contributed by atoms with Crippen LogP contribution in [-0.2, 0) is 9.53 Å². The van der Waals surface area contributed by atoms with E-state index < -0.39 is 29.0 Å². The zero-order valence-corrected chi connectivity index (χ0v) is 15.3. The number of hydrogen-bond donors (Lipinski definition) is 2. The first-order chi connectivity index (χ1) is 13.2. The molecular weight excluding hydrogens is 366 g/mol. The fraction of sp³-hybridized carbons (Fsp3) is 0.211. The Morgan fingerprint density at radius 1 is 1.11 bits per heavy atom. The fourth-order valence-corrected chi connectivity index (χ4v) is 2.15. The summed E-state index contributed by atoms with van der Waals surface area (Å²) in [5.74, 6) is -1.66. The molecule has 0 atom stereocenters. The summed E-state index contributed by atoms with van der Waals surface area (Å²) in [6.07, 6.45) is 0. The average molecular weight is 385 g/mol. The Balaban J connectivity index is 1.98. The standard InChI is InChI=1S/C19H19N3O6/c1-11(2)18(24)21-14-6-3-12(4-7-14)17(23)10-28-19(25)13-5-8-15(20)16(9-13)22(26)27/h3-9,11H,10,20H2,1-2H3,(H,21,24). The molecule has 0 aliphatic carbocycles. The summed E-state index contributed by atoms with van der Waals surface area (Å²) >= 11 is 0. The Morgan fingerprint density at radius 3 is 2.29 bits per heavy atom. The number of nitrogens with one attached hydrogen (secondary N) is 1. The van der Waals surface area contributed by atoms with E-state index in [2.05, 4.69) is 5.32 Å². The lowest BCUT2D eigenvalue weighted by molar-refractivity contribution is -0.383. The molecule has 28 heavy (non-hydrogen) atoms. The molecule has 0 saturated heterocycles. The van der Waals surface area contributed by atoms with Crippen LogP contribution in [0.3, 0.4) is 0 Å². The topological polar surface area (TPSA) is 142 Å². The summed E-state index contributed by atoms with van der Waals surface area (Å²) in [5, 5.41) is 13.6. The lowest BCUT2D eigenvalue weighted by Gasteiger charge is -2.08. The van der Waals surface area contributed by atoms with Crippen LogP contribution in [0.1, 0.15) is 34.6 Å². The van der Waals surface area contributed by atoms with Gasteiger partial charge in [0.1, 0.15) is 5.69 Å². The van der Waals surface area contributed by atoms with Crippen LogP contribution in [0.5, 0.6) is 0 Å². The van der Waals surface area contributed by atoms with Crippen molar-refractivity contribution in [3.8, 4) is 0 Å². The van der Waals surface area contributed by atoms with Gasteiger partial charge in [0.05, 0.1) is 10.5 Å². The Labute approximate surface area is 160 Å². The lowest BCUT2D eigenvalue weighted by atomic mass is 10.1. The molecule has 0 aromatic heterocycles. The van der Waals surface area contributed by atoms with Crippen LogP contribution in [0.25, 0.3) is 0 Å². The van der Waals surface area contributed by atoms with Crippen LogP contribution < -0.4 is 11.1 Å². The molecule has 0 spiro atoms. The van der Waals surface area contributed by atoms with Crippen LogP contribution in [0.4, 0.5) is 17.1 Å². The predicted molar refractivity (Wildman–Crippen MR) is 102 cm³/mol. The number of nitrogen functional groups attached to an aromatic ring is 1. The van der Waals surface area contributed by atoms with E-state index in [1.54, 1.807) is 26.0 Å². The van der Waals surface area contributed by atoms with Gasteiger partial charge in [-0.15, -0.1) is 0 Å². The molecule has 0 saturated carbocycles. The molecular formula is C19H19N3O6. The number of rotatable bonds is 7. The van der Waals surface area contributed by atoms with Gasteiger partial charge >= 0.3 is 5.97 Å². The van der Waals surface area contributed by atoms with Crippen LogP contribution in [-0.4, -0.2) is 29.2 Å². The Kier molecular flexibility index (Phi) is 6.43. The first-order valence-electron chi connectivity index (χ1n) is 8.34. The van der Waals surface area contributed by atoms with Crippen molar-refractivity contribution < 1.29 is 24.0 Å². The highest BCUT2D eigenvalue weighted by Gasteiger charge is 2.18. The number of amides is 1. The van der Waals surface area contributed by atoms with Crippen molar-refractivity contribution in [1.82, 2.24) is 0 Å². The maximum Gasteiger partial charge on any atom is 0.338 e. The summed E-state index contributed by atoms with van der Waals surface area (Å²) in [6.45, 7) is 2.99. The molecule has 0 aliphatic heterocycles. The third-order valence-electron chi connectivity index (χ3n) is 3.80. The van der Waals surface area contributed by atoms with Crippen molar-refractivity contribution in [2.24, 2.45) is 5.92 Å². The van der Waals surface area contributed by atoms with Crippen LogP contribution in [0, 0.1) is 16.0 Å². The number of carbonyl (C=O) groups is 3. The molecule has 0 bridgehead atoms. The van der Waals surface area contributed by atoms with Gasteiger partial charge in [-0.1, -0.05) is 13.8 Å². The quantitative estimate of drug-likeness (QED) is 0.245. The number of nitrogens with zero attached hydrogens (tertiary/aromatic N) is 1. The summed E-state index contributed by atoms with van der Waals surface area (Å²) in [4.78, 5) is 46.0. The van der Waals surface area contributed by atoms with Gasteiger partial charge in [0.2, 0.25) is 5.91 Å². The largest absolute Gasteiger partial charge is 0.454 e. The highest BCUT2D eigenvalue weighted by Crippen LogP contribution is 2.22. The molecule has 0 unspecified atom stereocenters. The maximum atomic E-state index is 12.2. The number of carbonyl (C=O) groups excluding carboxylic acids is 3. The molecule has 0 radical (unpaired) electrons. The van der Waals surface area contributed by atoms with Crippen molar-refractivity contribution in [2.75, 3.05) is 17.7 Å². The van der Waals surface area contributed by atoms with Gasteiger partial charge in [0.25, 0.3) is 5.69 Å². The maximum absolute atomic E-state index is 12.2. The minimum atomic E-state index is -0.878.